The van der Waals surface area contributed by atoms with Gasteiger partial charge in [0.25, 0.3) is 8.32 Å². The van der Waals surface area contributed by atoms with Crippen LogP contribution in [0, 0.1) is 17.8 Å². The van der Waals surface area contributed by atoms with Crippen LogP contribution in [-0.4, -0.2) is 34.4 Å². The molecule has 0 amide bonds. The number of hydrogen-bond acceptors (Lipinski definition) is 5. The number of nitrogen functional groups attached to an aromatic ring is 1. The van der Waals surface area contributed by atoms with Crippen LogP contribution >= 0.6 is 0 Å². The maximum absolute atomic E-state index is 7.22. The molecule has 7 heteroatoms. The Morgan fingerprint density at radius 3 is 2.09 bits per heavy atom. The van der Waals surface area contributed by atoms with E-state index in [9.17, 15) is 0 Å². The van der Waals surface area contributed by atoms with Gasteiger partial charge in [-0.3, -0.25) is 0 Å². The maximum atomic E-state index is 7.22. The van der Waals surface area contributed by atoms with Crippen molar-refractivity contribution in [1.29, 1.82) is 0 Å². The summed E-state index contributed by atoms with van der Waals surface area (Å²) in [5, 5.41) is 2.71. The number of anilines is 1. The monoisotopic (exact) mass is 483 g/mol. The van der Waals surface area contributed by atoms with Crippen LogP contribution in [0.15, 0.2) is 73.3 Å². The topological polar surface area (TPSA) is 78.9 Å². The van der Waals surface area contributed by atoms with Gasteiger partial charge in [-0.1, -0.05) is 81.4 Å². The highest BCUT2D eigenvalue weighted by Crippen LogP contribution is 2.61. The first kappa shape index (κ1) is 22.4. The molecule has 6 rings (SSSR count). The minimum Gasteiger partial charge on any atom is -0.407 e. The molecule has 0 aliphatic heterocycles. The van der Waals surface area contributed by atoms with Crippen molar-refractivity contribution in [1.82, 2.24) is 19.5 Å². The summed E-state index contributed by atoms with van der Waals surface area (Å²) in [6.07, 6.45) is 5.72. The first-order valence-electron chi connectivity index (χ1n) is 12.6. The molecular formula is C28H33N5OSi. The number of nitrogens with zero attached hydrogens (tertiary/aromatic N) is 4. The van der Waals surface area contributed by atoms with E-state index < -0.39 is 8.32 Å². The molecule has 2 aliphatic carbocycles. The number of rotatable bonds is 6. The predicted molar refractivity (Wildman–Crippen MR) is 142 cm³/mol. The Labute approximate surface area is 207 Å². The highest BCUT2D eigenvalue weighted by molar-refractivity contribution is 6.99. The lowest BCUT2D eigenvalue weighted by Crippen LogP contribution is -2.66. The van der Waals surface area contributed by atoms with Crippen molar-refractivity contribution < 1.29 is 4.43 Å². The quantitative estimate of drug-likeness (QED) is 0.416. The Morgan fingerprint density at radius 2 is 1.51 bits per heavy atom. The van der Waals surface area contributed by atoms with Crippen molar-refractivity contribution in [3.8, 4) is 0 Å². The van der Waals surface area contributed by atoms with Crippen LogP contribution in [0.4, 0.5) is 5.82 Å². The first-order valence-corrected chi connectivity index (χ1v) is 14.5. The van der Waals surface area contributed by atoms with E-state index in [0.29, 0.717) is 35.1 Å². The van der Waals surface area contributed by atoms with Gasteiger partial charge in [-0.15, -0.1) is 0 Å². The zero-order valence-electron chi connectivity index (χ0n) is 20.6. The van der Waals surface area contributed by atoms with Gasteiger partial charge in [-0.05, 0) is 46.0 Å². The van der Waals surface area contributed by atoms with E-state index in [0.717, 1.165) is 25.1 Å². The second-order valence-corrected chi connectivity index (χ2v) is 15.5. The molecule has 2 unspecified atom stereocenters. The molecule has 2 saturated carbocycles. The van der Waals surface area contributed by atoms with Crippen LogP contribution in [0.2, 0.25) is 5.04 Å². The van der Waals surface area contributed by atoms with Crippen LogP contribution in [0.25, 0.3) is 11.2 Å². The Balaban J connectivity index is 1.23. The third-order valence-electron chi connectivity index (χ3n) is 8.29. The zero-order chi connectivity index (χ0) is 24.2. The SMILES string of the molecule is CC(C)(C)[Si](OCC1[C@H]2CC(n3cnc4c(N)ncnc43)C[C@@H]12)(c1ccccc1)c1ccccc1. The smallest absolute Gasteiger partial charge is 0.261 e. The fraction of sp³-hybridized carbons (Fsp3) is 0.393. The van der Waals surface area contributed by atoms with Gasteiger partial charge < -0.3 is 14.7 Å². The first-order chi connectivity index (χ1) is 16.9. The van der Waals surface area contributed by atoms with Crippen LogP contribution in [0.1, 0.15) is 39.7 Å². The highest BCUT2D eigenvalue weighted by Gasteiger charge is 2.58. The lowest BCUT2D eigenvalue weighted by molar-refractivity contribution is 0.254. The molecule has 4 atom stereocenters. The van der Waals surface area contributed by atoms with Crippen LogP contribution in [0.3, 0.4) is 0 Å². The van der Waals surface area contributed by atoms with Crippen molar-refractivity contribution in [3.05, 3.63) is 73.3 Å². The molecule has 0 bridgehead atoms. The van der Waals surface area contributed by atoms with Crippen LogP contribution in [0.5, 0.6) is 0 Å². The van der Waals surface area contributed by atoms with E-state index >= 15 is 0 Å². The molecule has 35 heavy (non-hydrogen) atoms. The van der Waals surface area contributed by atoms with Crippen molar-refractivity contribution in [2.45, 2.75) is 44.7 Å². The number of imidazole rings is 1. The Morgan fingerprint density at radius 1 is 0.914 bits per heavy atom. The predicted octanol–water partition coefficient (Wildman–Crippen LogP) is 4.18. The normalized spacial score (nSPS) is 24.0. The molecule has 0 spiro atoms. The van der Waals surface area contributed by atoms with Crippen molar-refractivity contribution in [2.24, 2.45) is 17.8 Å². The molecule has 180 valence electrons. The van der Waals surface area contributed by atoms with Crippen molar-refractivity contribution >= 4 is 35.7 Å². The summed E-state index contributed by atoms with van der Waals surface area (Å²) in [4.78, 5) is 13.0. The number of aromatic nitrogens is 4. The third kappa shape index (κ3) is 3.60. The molecule has 0 saturated heterocycles. The third-order valence-corrected chi connectivity index (χ3v) is 13.3. The number of fused-ring (bicyclic) bond motifs is 2. The lowest BCUT2D eigenvalue weighted by atomic mass is 10.1. The van der Waals surface area contributed by atoms with Gasteiger partial charge in [0.2, 0.25) is 0 Å². The Hall–Kier alpha value is -3.03. The fourth-order valence-corrected chi connectivity index (χ4v) is 11.1. The lowest BCUT2D eigenvalue weighted by Gasteiger charge is -2.43. The van der Waals surface area contributed by atoms with E-state index in [4.69, 9.17) is 10.2 Å². The molecular weight excluding hydrogens is 450 g/mol. The largest absolute Gasteiger partial charge is 0.407 e. The maximum Gasteiger partial charge on any atom is 0.261 e. The summed E-state index contributed by atoms with van der Waals surface area (Å²) in [5.74, 6) is 2.49. The van der Waals surface area contributed by atoms with Crippen LogP contribution < -0.4 is 16.1 Å². The average molecular weight is 484 g/mol. The summed E-state index contributed by atoms with van der Waals surface area (Å²) in [6, 6.07) is 22.3. The summed E-state index contributed by atoms with van der Waals surface area (Å²) in [7, 11) is -2.48. The summed E-state index contributed by atoms with van der Waals surface area (Å²) >= 11 is 0. The molecule has 2 aromatic carbocycles. The van der Waals surface area contributed by atoms with E-state index in [-0.39, 0.29) is 5.04 Å². The van der Waals surface area contributed by atoms with E-state index in [1.807, 2.05) is 6.33 Å². The molecule has 2 N–H and O–H groups in total. The average Bonchev–Trinajstić information content (AvgIpc) is 3.18. The summed E-state index contributed by atoms with van der Waals surface area (Å²) < 4.78 is 9.43. The van der Waals surface area contributed by atoms with Gasteiger partial charge in [-0.2, -0.15) is 0 Å². The highest BCUT2D eigenvalue weighted by atomic mass is 28.4. The molecule has 0 radical (unpaired) electrons. The molecule has 2 aliphatic rings. The molecule has 6 nitrogen and oxygen atoms in total. The second-order valence-electron chi connectivity index (χ2n) is 11.2. The molecule has 2 aromatic heterocycles. The minimum atomic E-state index is -2.48. The summed E-state index contributed by atoms with van der Waals surface area (Å²) in [5.41, 5.74) is 7.56. The van der Waals surface area contributed by atoms with Gasteiger partial charge in [0.1, 0.15) is 11.8 Å². The molecule has 2 heterocycles. The van der Waals surface area contributed by atoms with Crippen molar-refractivity contribution in [3.63, 3.8) is 0 Å². The summed E-state index contributed by atoms with van der Waals surface area (Å²) in [6.45, 7) is 7.87. The number of nitrogens with two attached hydrogens (primary N) is 1. The van der Waals surface area contributed by atoms with Gasteiger partial charge in [0, 0.05) is 12.6 Å². The fourth-order valence-electron chi connectivity index (χ4n) is 6.54. The second kappa shape index (κ2) is 8.28. The Bertz CT molecular complexity index is 1280. The van der Waals surface area contributed by atoms with Gasteiger partial charge in [-0.25, -0.2) is 15.0 Å². The van der Waals surface area contributed by atoms with E-state index in [1.165, 1.54) is 16.7 Å². The van der Waals surface area contributed by atoms with E-state index in [2.05, 4.69) is 101 Å². The zero-order valence-corrected chi connectivity index (χ0v) is 21.6. The number of benzene rings is 2. The molecule has 4 aromatic rings. The minimum absolute atomic E-state index is 0.0115. The number of hydrogen-bond donors (Lipinski definition) is 1. The standard InChI is InChI=1S/C28H33N5OSi/c1-28(2,3)35(20-10-6-4-7-11-20,21-12-8-5-9-13-21)34-16-24-22-14-19(15-23(22)24)33-18-32-25-26(29)30-17-31-27(25)33/h4-13,17-19,22-24H,14-16H2,1-3H3,(H2,29,30,31)/t19?,22-,23+,24?. The van der Waals surface area contributed by atoms with Gasteiger partial charge >= 0.3 is 0 Å². The van der Waals surface area contributed by atoms with Gasteiger partial charge in [0.05, 0.1) is 6.33 Å². The van der Waals surface area contributed by atoms with Crippen molar-refractivity contribution in [2.75, 3.05) is 12.3 Å². The molecule has 2 fully saturated rings. The van der Waals surface area contributed by atoms with E-state index in [1.54, 1.807) is 0 Å². The Kier molecular flexibility index (Phi) is 5.30. The van der Waals surface area contributed by atoms with Crippen LogP contribution in [-0.2, 0) is 4.43 Å². The van der Waals surface area contributed by atoms with Gasteiger partial charge in [0.15, 0.2) is 11.5 Å².